The van der Waals surface area contributed by atoms with E-state index in [-0.39, 0.29) is 0 Å². The van der Waals surface area contributed by atoms with Crippen LogP contribution < -0.4 is 0 Å². The first kappa shape index (κ1) is 4.68. The van der Waals surface area contributed by atoms with Crippen LogP contribution in [0.4, 0.5) is 0 Å². The molecule has 0 radical (unpaired) electrons. The molecule has 0 aromatic heterocycles. The zero-order valence-corrected chi connectivity index (χ0v) is 5.40. The molecule has 2 bridgehead atoms. The van der Waals surface area contributed by atoms with E-state index in [1.165, 1.54) is 6.42 Å². The fraction of sp³-hybridized carbons (Fsp3) is 0.429. The van der Waals surface area contributed by atoms with Crippen molar-refractivity contribution in [2.24, 2.45) is 5.92 Å². The molecule has 0 unspecified atom stereocenters. The van der Waals surface area contributed by atoms with Crippen LogP contribution in [0.15, 0.2) is 23.6 Å². The first-order valence-corrected chi connectivity index (χ1v) is 3.90. The van der Waals surface area contributed by atoms with Crippen molar-refractivity contribution >= 4 is 11.8 Å². The Hall–Kier alpha value is -0.170. The van der Waals surface area contributed by atoms with Gasteiger partial charge in [0.1, 0.15) is 0 Å². The highest BCUT2D eigenvalue weighted by Gasteiger charge is 2.19. The second-order valence-corrected chi connectivity index (χ2v) is 3.44. The van der Waals surface area contributed by atoms with Gasteiger partial charge in [0.05, 0.1) is 0 Å². The summed E-state index contributed by atoms with van der Waals surface area (Å²) in [5.41, 5.74) is 0. The molecule has 8 heavy (non-hydrogen) atoms. The normalized spacial score (nSPS) is 41.0. The van der Waals surface area contributed by atoms with Gasteiger partial charge < -0.3 is 0 Å². The topological polar surface area (TPSA) is 0 Å². The lowest BCUT2D eigenvalue weighted by molar-refractivity contribution is 0.777. The monoisotopic (exact) mass is 124 g/mol. The third-order valence-corrected chi connectivity index (χ3v) is 2.67. The fourth-order valence-corrected chi connectivity index (χ4v) is 2.19. The van der Waals surface area contributed by atoms with Crippen LogP contribution in [0.25, 0.3) is 0 Å². The smallest absolute Gasteiger partial charge is 0.0277 e. The Morgan fingerprint density at radius 2 is 2.25 bits per heavy atom. The highest BCUT2D eigenvalue weighted by atomic mass is 32.2. The Labute approximate surface area is 53.7 Å². The third kappa shape index (κ3) is 0.618. The molecule has 1 aliphatic heterocycles. The maximum absolute atomic E-state index is 2.31. The second-order valence-electron chi connectivity index (χ2n) is 2.29. The number of hydrogen-bond acceptors (Lipinski definition) is 1. The van der Waals surface area contributed by atoms with E-state index in [0.717, 1.165) is 11.2 Å². The number of fused-ring (bicyclic) bond motifs is 2. The van der Waals surface area contributed by atoms with E-state index in [1.54, 1.807) is 0 Å². The Kier molecular flexibility index (Phi) is 0.971. The minimum absolute atomic E-state index is 0.779. The summed E-state index contributed by atoms with van der Waals surface area (Å²) in [5, 5.41) is 3.03. The summed E-state index contributed by atoms with van der Waals surface area (Å²) in [6.07, 6.45) is 8.25. The Bertz CT molecular complexity index is 144. The molecule has 0 N–H and O–H groups in total. The van der Waals surface area contributed by atoms with Crippen molar-refractivity contribution < 1.29 is 0 Å². The summed E-state index contributed by atoms with van der Waals surface area (Å²) >= 11 is 1.94. The molecule has 2 atom stereocenters. The van der Waals surface area contributed by atoms with Gasteiger partial charge in [-0.15, -0.1) is 11.8 Å². The average Bonchev–Trinajstić information content (AvgIpc) is 2.12. The summed E-state index contributed by atoms with van der Waals surface area (Å²) in [7, 11) is 0. The summed E-state index contributed by atoms with van der Waals surface area (Å²) in [6.45, 7) is 0. The van der Waals surface area contributed by atoms with Gasteiger partial charge in [-0.3, -0.25) is 0 Å². The van der Waals surface area contributed by atoms with Crippen LogP contribution in [0, 0.1) is 5.92 Å². The van der Waals surface area contributed by atoms with Crippen molar-refractivity contribution in [1.82, 2.24) is 0 Å². The van der Waals surface area contributed by atoms with Crippen molar-refractivity contribution in [3.8, 4) is 0 Å². The van der Waals surface area contributed by atoms with Gasteiger partial charge in [0.25, 0.3) is 0 Å². The minimum atomic E-state index is 0.779. The first-order chi connectivity index (χ1) is 3.95. The average molecular weight is 124 g/mol. The largest absolute Gasteiger partial charge is 0.127 e. The van der Waals surface area contributed by atoms with E-state index >= 15 is 0 Å². The van der Waals surface area contributed by atoms with Gasteiger partial charge in [-0.1, -0.05) is 18.2 Å². The van der Waals surface area contributed by atoms with Crippen molar-refractivity contribution in [1.29, 1.82) is 0 Å². The van der Waals surface area contributed by atoms with Gasteiger partial charge in [0, 0.05) is 5.25 Å². The molecule has 0 saturated carbocycles. The van der Waals surface area contributed by atoms with Gasteiger partial charge in [-0.25, -0.2) is 0 Å². The number of allylic oxidation sites excluding steroid dienone is 2. The SMILES string of the molecule is C1=C[C@H]2C=C[C@H](C2)S1. The highest BCUT2D eigenvalue weighted by molar-refractivity contribution is 8.02. The predicted molar refractivity (Wildman–Crippen MR) is 37.8 cm³/mol. The lowest BCUT2D eigenvalue weighted by Gasteiger charge is -2.10. The van der Waals surface area contributed by atoms with Gasteiger partial charge in [0.15, 0.2) is 0 Å². The summed E-state index contributed by atoms with van der Waals surface area (Å²) in [4.78, 5) is 0. The Balaban J connectivity index is 2.28. The molecule has 1 heteroatoms. The fourth-order valence-electron chi connectivity index (χ4n) is 1.18. The Morgan fingerprint density at radius 1 is 1.25 bits per heavy atom. The van der Waals surface area contributed by atoms with Crippen LogP contribution in [0.3, 0.4) is 0 Å². The van der Waals surface area contributed by atoms with Crippen LogP contribution in [-0.2, 0) is 0 Å². The molecule has 42 valence electrons. The summed E-state index contributed by atoms with van der Waals surface area (Å²) in [6, 6.07) is 0. The molecule has 0 nitrogen and oxygen atoms in total. The molecule has 1 heterocycles. The molecule has 0 fully saturated rings. The lowest BCUT2D eigenvalue weighted by Crippen LogP contribution is -1.99. The minimum Gasteiger partial charge on any atom is -0.127 e. The van der Waals surface area contributed by atoms with E-state index in [1.807, 2.05) is 11.8 Å². The molecule has 0 aromatic carbocycles. The standard InChI is InChI=1S/C7H8S/c1-2-7-5-6(1)3-4-8-7/h1-4,6-7H,5H2/t6-,7-/m1/s1. The molecule has 0 amide bonds. The zero-order chi connectivity index (χ0) is 5.40. The van der Waals surface area contributed by atoms with Crippen molar-refractivity contribution in [2.75, 3.05) is 0 Å². The number of hydrogen-bond donors (Lipinski definition) is 0. The van der Waals surface area contributed by atoms with E-state index in [0.29, 0.717) is 0 Å². The van der Waals surface area contributed by atoms with Gasteiger partial charge in [-0.2, -0.15) is 0 Å². The highest BCUT2D eigenvalue weighted by Crippen LogP contribution is 2.34. The van der Waals surface area contributed by atoms with Gasteiger partial charge in [-0.05, 0) is 17.7 Å². The molecule has 2 rings (SSSR count). The van der Waals surface area contributed by atoms with Crippen LogP contribution in [0.5, 0.6) is 0 Å². The Morgan fingerprint density at radius 3 is 3.00 bits per heavy atom. The van der Waals surface area contributed by atoms with Gasteiger partial charge in [0.2, 0.25) is 0 Å². The van der Waals surface area contributed by atoms with Crippen molar-refractivity contribution in [3.63, 3.8) is 0 Å². The van der Waals surface area contributed by atoms with Crippen LogP contribution in [0.1, 0.15) is 6.42 Å². The molecular formula is C7H8S. The van der Waals surface area contributed by atoms with Crippen LogP contribution >= 0.6 is 11.8 Å². The first-order valence-electron chi connectivity index (χ1n) is 2.95. The van der Waals surface area contributed by atoms with Crippen molar-refractivity contribution in [3.05, 3.63) is 23.6 Å². The predicted octanol–water partition coefficient (Wildman–Crippen LogP) is 2.19. The quantitative estimate of drug-likeness (QED) is 0.446. The maximum atomic E-state index is 2.31. The van der Waals surface area contributed by atoms with E-state index in [4.69, 9.17) is 0 Å². The van der Waals surface area contributed by atoms with E-state index < -0.39 is 0 Å². The molecule has 1 aliphatic carbocycles. The molecule has 0 aromatic rings. The van der Waals surface area contributed by atoms with Crippen LogP contribution in [0.2, 0.25) is 0 Å². The van der Waals surface area contributed by atoms with Crippen LogP contribution in [-0.4, -0.2) is 5.25 Å². The molecule has 0 spiro atoms. The number of rotatable bonds is 0. The third-order valence-electron chi connectivity index (χ3n) is 1.66. The number of thioether (sulfide) groups is 1. The van der Waals surface area contributed by atoms with E-state index in [2.05, 4.69) is 23.6 Å². The maximum Gasteiger partial charge on any atom is 0.0277 e. The van der Waals surface area contributed by atoms with Crippen molar-refractivity contribution in [2.45, 2.75) is 11.7 Å². The summed E-state index contributed by atoms with van der Waals surface area (Å²) in [5.74, 6) is 0.779. The zero-order valence-electron chi connectivity index (χ0n) is 4.58. The van der Waals surface area contributed by atoms with E-state index in [9.17, 15) is 0 Å². The summed E-state index contributed by atoms with van der Waals surface area (Å²) < 4.78 is 0. The lowest BCUT2D eigenvalue weighted by atomic mass is 10.1. The second kappa shape index (κ2) is 1.66. The molecular weight excluding hydrogens is 116 g/mol. The molecule has 0 saturated heterocycles. The molecule has 2 aliphatic rings. The van der Waals surface area contributed by atoms with Gasteiger partial charge >= 0.3 is 0 Å².